The van der Waals surface area contributed by atoms with Crippen LogP contribution in [0.2, 0.25) is 0 Å². The minimum absolute atomic E-state index is 0.0301. The fourth-order valence-corrected chi connectivity index (χ4v) is 2.34. The average molecular weight is 262 g/mol. The van der Waals surface area contributed by atoms with Gasteiger partial charge in [0.25, 0.3) is 0 Å². The second-order valence-electron chi connectivity index (χ2n) is 3.97. The molecule has 1 atom stereocenters. The first-order valence-electron chi connectivity index (χ1n) is 5.84. The van der Waals surface area contributed by atoms with E-state index in [-0.39, 0.29) is 11.9 Å². The van der Waals surface area contributed by atoms with E-state index in [0.717, 1.165) is 17.0 Å². The first-order valence-corrected chi connectivity index (χ1v) is 6.66. The molecule has 0 amide bonds. The zero-order chi connectivity index (χ0) is 13.0. The second kappa shape index (κ2) is 5.98. The average Bonchev–Trinajstić information content (AvgIpc) is 2.41. The molecule has 18 heavy (non-hydrogen) atoms. The lowest BCUT2D eigenvalue weighted by Gasteiger charge is -2.08. The minimum Gasteiger partial charge on any atom is -0.323 e. The molecule has 0 bridgehead atoms. The normalized spacial score (nSPS) is 12.4. The number of benzene rings is 1. The number of rotatable bonds is 4. The molecule has 0 fully saturated rings. The summed E-state index contributed by atoms with van der Waals surface area (Å²) in [7, 11) is 0. The van der Waals surface area contributed by atoms with Crippen molar-refractivity contribution in [3.05, 3.63) is 54.1 Å². The third-order valence-corrected chi connectivity index (χ3v) is 3.67. The van der Waals surface area contributed by atoms with E-state index < -0.39 is 0 Å². The van der Waals surface area contributed by atoms with Crippen LogP contribution in [0.4, 0.5) is 4.39 Å². The molecule has 0 aliphatic carbocycles. The minimum atomic E-state index is -0.211. The maximum atomic E-state index is 13.5. The molecule has 94 valence electrons. The number of nitrogens with two attached hydrogens (primary N) is 1. The maximum absolute atomic E-state index is 13.5. The Kier molecular flexibility index (Phi) is 4.33. The molecule has 0 saturated heterocycles. The molecule has 2 N–H and O–H groups in total. The Balaban J connectivity index is 2.14. The van der Waals surface area contributed by atoms with Gasteiger partial charge in [-0.3, -0.25) is 4.98 Å². The van der Waals surface area contributed by atoms with Crippen LogP contribution < -0.4 is 5.73 Å². The van der Waals surface area contributed by atoms with Gasteiger partial charge < -0.3 is 5.73 Å². The van der Waals surface area contributed by atoms with E-state index in [0.29, 0.717) is 4.90 Å². The summed E-state index contributed by atoms with van der Waals surface area (Å²) >= 11 is 1.36. The highest BCUT2D eigenvalue weighted by Crippen LogP contribution is 2.29. The Labute approximate surface area is 110 Å². The van der Waals surface area contributed by atoms with E-state index in [9.17, 15) is 4.39 Å². The van der Waals surface area contributed by atoms with E-state index in [1.807, 2.05) is 25.1 Å². The van der Waals surface area contributed by atoms with Crippen LogP contribution in [0.3, 0.4) is 0 Å². The van der Waals surface area contributed by atoms with Crippen LogP contribution in [0, 0.1) is 5.82 Å². The molecular formula is C14H15FN2S. The Bertz CT molecular complexity index is 513. The van der Waals surface area contributed by atoms with Crippen LogP contribution >= 0.6 is 11.8 Å². The van der Waals surface area contributed by atoms with Crippen molar-refractivity contribution in [1.29, 1.82) is 0 Å². The van der Waals surface area contributed by atoms with E-state index >= 15 is 0 Å². The van der Waals surface area contributed by atoms with Gasteiger partial charge in [-0.25, -0.2) is 4.39 Å². The fourth-order valence-electron chi connectivity index (χ4n) is 1.54. The lowest BCUT2D eigenvalue weighted by Crippen LogP contribution is -2.10. The van der Waals surface area contributed by atoms with Gasteiger partial charge in [0.05, 0.1) is 5.69 Å². The summed E-state index contributed by atoms with van der Waals surface area (Å²) in [5.74, 6) is -0.211. The highest BCUT2D eigenvalue weighted by molar-refractivity contribution is 7.99. The molecule has 2 rings (SSSR count). The first kappa shape index (κ1) is 13.1. The van der Waals surface area contributed by atoms with Gasteiger partial charge in [-0.05, 0) is 30.7 Å². The molecule has 4 heteroatoms. The number of hydrogen-bond donors (Lipinski definition) is 1. The highest BCUT2D eigenvalue weighted by atomic mass is 32.2. The third-order valence-electron chi connectivity index (χ3n) is 2.64. The first-order chi connectivity index (χ1) is 8.70. The quantitative estimate of drug-likeness (QED) is 0.911. The SMILES string of the molecule is CCC(N)c1ccc(Sc2ccccc2F)cn1. The van der Waals surface area contributed by atoms with Crippen LogP contribution in [0.1, 0.15) is 25.1 Å². The van der Waals surface area contributed by atoms with E-state index in [1.165, 1.54) is 17.8 Å². The van der Waals surface area contributed by atoms with Crippen molar-refractivity contribution in [2.45, 2.75) is 29.2 Å². The summed E-state index contributed by atoms with van der Waals surface area (Å²) in [5, 5.41) is 0. The Morgan fingerprint density at radius 3 is 2.67 bits per heavy atom. The van der Waals surface area contributed by atoms with Crippen LogP contribution in [-0.2, 0) is 0 Å². The molecule has 1 unspecified atom stereocenters. The zero-order valence-corrected chi connectivity index (χ0v) is 11.0. The van der Waals surface area contributed by atoms with Crippen molar-refractivity contribution in [2.75, 3.05) is 0 Å². The summed E-state index contributed by atoms with van der Waals surface area (Å²) < 4.78 is 13.5. The second-order valence-corrected chi connectivity index (χ2v) is 5.08. The number of halogens is 1. The van der Waals surface area contributed by atoms with Crippen LogP contribution in [0.5, 0.6) is 0 Å². The molecular weight excluding hydrogens is 247 g/mol. The lowest BCUT2D eigenvalue weighted by molar-refractivity contribution is 0.602. The summed E-state index contributed by atoms with van der Waals surface area (Å²) in [6.45, 7) is 2.02. The van der Waals surface area contributed by atoms with Gasteiger partial charge >= 0.3 is 0 Å². The molecule has 0 radical (unpaired) electrons. The predicted octanol–water partition coefficient (Wildman–Crippen LogP) is 3.78. The zero-order valence-electron chi connectivity index (χ0n) is 10.1. The molecule has 0 spiro atoms. The van der Waals surface area contributed by atoms with Gasteiger partial charge in [0.15, 0.2) is 0 Å². The predicted molar refractivity (Wildman–Crippen MR) is 72.0 cm³/mol. The van der Waals surface area contributed by atoms with Gasteiger partial charge in [0, 0.05) is 22.0 Å². The van der Waals surface area contributed by atoms with Crippen molar-refractivity contribution < 1.29 is 4.39 Å². The van der Waals surface area contributed by atoms with Crippen molar-refractivity contribution in [3.63, 3.8) is 0 Å². The number of pyridine rings is 1. The van der Waals surface area contributed by atoms with E-state index in [4.69, 9.17) is 5.73 Å². The van der Waals surface area contributed by atoms with Gasteiger partial charge in [0.1, 0.15) is 5.82 Å². The monoisotopic (exact) mass is 262 g/mol. The van der Waals surface area contributed by atoms with Gasteiger partial charge in [0.2, 0.25) is 0 Å². The highest BCUT2D eigenvalue weighted by Gasteiger charge is 2.06. The largest absolute Gasteiger partial charge is 0.323 e. The van der Waals surface area contributed by atoms with Crippen molar-refractivity contribution >= 4 is 11.8 Å². The smallest absolute Gasteiger partial charge is 0.137 e. The number of nitrogens with zero attached hydrogens (tertiary/aromatic N) is 1. The Hall–Kier alpha value is -1.39. The van der Waals surface area contributed by atoms with Crippen molar-refractivity contribution in [1.82, 2.24) is 4.98 Å². The standard InChI is InChI=1S/C14H15FN2S/c1-2-12(16)13-8-7-10(9-17-13)18-14-6-4-3-5-11(14)15/h3-9,12H,2,16H2,1H3. The molecule has 1 aromatic heterocycles. The topological polar surface area (TPSA) is 38.9 Å². The summed E-state index contributed by atoms with van der Waals surface area (Å²) in [6, 6.07) is 10.5. The number of aromatic nitrogens is 1. The lowest BCUT2D eigenvalue weighted by atomic mass is 10.1. The Morgan fingerprint density at radius 2 is 2.06 bits per heavy atom. The fraction of sp³-hybridized carbons (Fsp3) is 0.214. The molecule has 1 aromatic carbocycles. The van der Waals surface area contributed by atoms with Crippen LogP contribution in [0.15, 0.2) is 52.4 Å². The van der Waals surface area contributed by atoms with Gasteiger partial charge in [-0.1, -0.05) is 30.8 Å². The maximum Gasteiger partial charge on any atom is 0.137 e. The third kappa shape index (κ3) is 3.09. The van der Waals surface area contributed by atoms with E-state index in [2.05, 4.69) is 4.98 Å². The number of hydrogen-bond acceptors (Lipinski definition) is 3. The van der Waals surface area contributed by atoms with Gasteiger partial charge in [-0.15, -0.1) is 0 Å². The van der Waals surface area contributed by atoms with E-state index in [1.54, 1.807) is 18.3 Å². The van der Waals surface area contributed by atoms with Crippen LogP contribution in [0.25, 0.3) is 0 Å². The summed E-state index contributed by atoms with van der Waals surface area (Å²) in [4.78, 5) is 5.82. The van der Waals surface area contributed by atoms with Gasteiger partial charge in [-0.2, -0.15) is 0 Å². The molecule has 0 aliphatic heterocycles. The molecule has 1 heterocycles. The summed E-state index contributed by atoms with van der Waals surface area (Å²) in [6.07, 6.45) is 2.59. The molecule has 2 aromatic rings. The summed E-state index contributed by atoms with van der Waals surface area (Å²) in [5.41, 5.74) is 6.76. The van der Waals surface area contributed by atoms with Crippen molar-refractivity contribution in [3.8, 4) is 0 Å². The van der Waals surface area contributed by atoms with Crippen molar-refractivity contribution in [2.24, 2.45) is 5.73 Å². The molecule has 0 saturated carbocycles. The Morgan fingerprint density at radius 1 is 1.28 bits per heavy atom. The molecule has 2 nitrogen and oxygen atoms in total. The molecule has 0 aliphatic rings. The van der Waals surface area contributed by atoms with Crippen LogP contribution in [-0.4, -0.2) is 4.98 Å².